The van der Waals surface area contributed by atoms with Crippen LogP contribution < -0.4 is 15.4 Å². The molecule has 1 unspecified atom stereocenters. The molecule has 0 spiro atoms. The van der Waals surface area contributed by atoms with E-state index in [-0.39, 0.29) is 31.5 Å². The first kappa shape index (κ1) is 22.3. The predicted molar refractivity (Wildman–Crippen MR) is 89.8 cm³/mol. The lowest BCUT2D eigenvalue weighted by molar-refractivity contribution is -0.143. The van der Waals surface area contributed by atoms with Gasteiger partial charge in [-0.15, -0.1) is 0 Å². The first-order chi connectivity index (χ1) is 12.9. The minimum Gasteiger partial charge on any atom is -0.493 e. The number of rotatable bonds is 6. The van der Waals surface area contributed by atoms with E-state index in [9.17, 15) is 31.1 Å². The van der Waals surface area contributed by atoms with Gasteiger partial charge in [0.1, 0.15) is 5.75 Å². The van der Waals surface area contributed by atoms with E-state index in [1.807, 2.05) is 0 Å². The van der Waals surface area contributed by atoms with Gasteiger partial charge in [0, 0.05) is 6.54 Å². The second-order valence-corrected chi connectivity index (χ2v) is 6.92. The molecule has 1 aliphatic rings. The summed E-state index contributed by atoms with van der Waals surface area (Å²) in [5, 5.41) is 5.86. The van der Waals surface area contributed by atoms with Gasteiger partial charge in [0.25, 0.3) is 0 Å². The van der Waals surface area contributed by atoms with Crippen molar-refractivity contribution in [3.8, 4) is 5.75 Å². The Morgan fingerprint density at radius 2 is 1.71 bits per heavy atom. The number of amides is 1. The van der Waals surface area contributed by atoms with Gasteiger partial charge in [-0.2, -0.15) is 26.3 Å². The quantitative estimate of drug-likeness (QED) is 0.546. The van der Waals surface area contributed by atoms with Crippen LogP contribution in [0.3, 0.4) is 0 Å². The first-order valence-corrected chi connectivity index (χ1v) is 8.87. The standard InChI is InChI=1S/C18H22F6N2O2/c1-16(5-2-3-7-26-16)15(27)25-6-4-8-28-14-10-12(17(19,20)21)9-13(11-14)18(22,23)24/h9-11,26H,2-8H2,1H3,(H,25,27). The van der Waals surface area contributed by atoms with E-state index >= 15 is 0 Å². The Balaban J connectivity index is 1.89. The van der Waals surface area contributed by atoms with Gasteiger partial charge in [0.2, 0.25) is 5.91 Å². The normalized spacial score (nSPS) is 20.7. The smallest absolute Gasteiger partial charge is 0.416 e. The van der Waals surface area contributed by atoms with Crippen LogP contribution in [0.5, 0.6) is 5.75 Å². The SMILES string of the molecule is CC1(C(=O)NCCCOc2cc(C(F)(F)F)cc(C(F)(F)F)c2)CCCCN1. The van der Waals surface area contributed by atoms with E-state index in [4.69, 9.17) is 4.74 Å². The summed E-state index contributed by atoms with van der Waals surface area (Å²) in [4.78, 5) is 12.2. The Bertz CT molecular complexity index is 649. The molecule has 4 nitrogen and oxygen atoms in total. The summed E-state index contributed by atoms with van der Waals surface area (Å²) < 4.78 is 81.9. The highest BCUT2D eigenvalue weighted by atomic mass is 19.4. The summed E-state index contributed by atoms with van der Waals surface area (Å²) in [6.07, 6.45) is -6.99. The highest BCUT2D eigenvalue weighted by molar-refractivity contribution is 5.85. The van der Waals surface area contributed by atoms with Crippen LogP contribution in [0, 0.1) is 0 Å². The van der Waals surface area contributed by atoms with Crippen molar-refractivity contribution < 1.29 is 35.9 Å². The summed E-state index contributed by atoms with van der Waals surface area (Å²) in [6, 6.07) is 1.10. The zero-order chi connectivity index (χ0) is 21.0. The molecule has 1 aromatic carbocycles. The summed E-state index contributed by atoms with van der Waals surface area (Å²) in [5.41, 5.74) is -3.52. The van der Waals surface area contributed by atoms with Gasteiger partial charge in [-0.25, -0.2) is 0 Å². The van der Waals surface area contributed by atoms with Crippen molar-refractivity contribution in [3.05, 3.63) is 29.3 Å². The molecule has 1 fully saturated rings. The molecule has 10 heteroatoms. The molecule has 2 N–H and O–H groups in total. The topological polar surface area (TPSA) is 50.4 Å². The van der Waals surface area contributed by atoms with Crippen LogP contribution in [-0.2, 0) is 17.1 Å². The van der Waals surface area contributed by atoms with Crippen LogP contribution in [0.15, 0.2) is 18.2 Å². The van der Waals surface area contributed by atoms with E-state index in [0.29, 0.717) is 18.6 Å². The lowest BCUT2D eigenvalue weighted by atomic mass is 9.90. The van der Waals surface area contributed by atoms with E-state index < -0.39 is 34.8 Å². The molecule has 1 saturated heterocycles. The number of benzene rings is 1. The van der Waals surface area contributed by atoms with E-state index in [1.165, 1.54) is 0 Å². The molecule has 1 heterocycles. The third-order valence-corrected chi connectivity index (χ3v) is 4.56. The van der Waals surface area contributed by atoms with E-state index in [2.05, 4.69) is 10.6 Å². The number of carbonyl (C=O) groups is 1. The first-order valence-electron chi connectivity index (χ1n) is 8.87. The number of alkyl halides is 6. The van der Waals surface area contributed by atoms with Crippen molar-refractivity contribution in [3.63, 3.8) is 0 Å². The molecular formula is C18H22F6N2O2. The maximum absolute atomic E-state index is 12.8. The lowest BCUT2D eigenvalue weighted by Gasteiger charge is -2.33. The predicted octanol–water partition coefficient (Wildman–Crippen LogP) is 4.14. The number of hydrogen-bond acceptors (Lipinski definition) is 3. The van der Waals surface area contributed by atoms with Gasteiger partial charge in [0.15, 0.2) is 0 Å². The zero-order valence-corrected chi connectivity index (χ0v) is 15.3. The van der Waals surface area contributed by atoms with E-state index in [1.54, 1.807) is 6.92 Å². The summed E-state index contributed by atoms with van der Waals surface area (Å²) in [6.45, 7) is 2.59. The molecule has 28 heavy (non-hydrogen) atoms. The molecule has 0 bridgehead atoms. The van der Waals surface area contributed by atoms with Crippen molar-refractivity contribution >= 4 is 5.91 Å². The molecule has 1 atom stereocenters. The number of halogens is 6. The molecule has 1 aromatic rings. The maximum atomic E-state index is 12.8. The molecule has 0 aromatic heterocycles. The average Bonchev–Trinajstić information content (AvgIpc) is 2.60. The fourth-order valence-electron chi connectivity index (χ4n) is 2.92. The largest absolute Gasteiger partial charge is 0.493 e. The Morgan fingerprint density at radius 1 is 1.11 bits per heavy atom. The number of hydrogen-bond donors (Lipinski definition) is 2. The highest BCUT2D eigenvalue weighted by Crippen LogP contribution is 2.38. The van der Waals surface area contributed by atoms with Crippen LogP contribution in [0.4, 0.5) is 26.3 Å². The third kappa shape index (κ3) is 6.02. The van der Waals surface area contributed by atoms with Crippen molar-refractivity contribution in [1.29, 1.82) is 0 Å². The summed E-state index contributed by atoms with van der Waals surface area (Å²) >= 11 is 0. The van der Waals surface area contributed by atoms with Crippen LogP contribution in [0.1, 0.15) is 43.7 Å². The van der Waals surface area contributed by atoms with Gasteiger partial charge in [-0.3, -0.25) is 4.79 Å². The van der Waals surface area contributed by atoms with Crippen molar-refractivity contribution in [1.82, 2.24) is 10.6 Å². The number of piperidine rings is 1. The Kier molecular flexibility index (Phi) is 6.84. The van der Waals surface area contributed by atoms with E-state index in [0.717, 1.165) is 19.4 Å². The monoisotopic (exact) mass is 412 g/mol. The number of carbonyl (C=O) groups excluding carboxylic acids is 1. The fraction of sp³-hybridized carbons (Fsp3) is 0.611. The van der Waals surface area contributed by atoms with Crippen LogP contribution >= 0.6 is 0 Å². The third-order valence-electron chi connectivity index (χ3n) is 4.56. The van der Waals surface area contributed by atoms with Gasteiger partial charge in [-0.05, 0) is 57.4 Å². The number of ether oxygens (including phenoxy) is 1. The van der Waals surface area contributed by atoms with Crippen molar-refractivity contribution in [2.24, 2.45) is 0 Å². The van der Waals surface area contributed by atoms with Crippen molar-refractivity contribution in [2.75, 3.05) is 19.7 Å². The van der Waals surface area contributed by atoms with Crippen LogP contribution in [0.2, 0.25) is 0 Å². The molecule has 158 valence electrons. The lowest BCUT2D eigenvalue weighted by Crippen LogP contribution is -2.57. The Hall–Kier alpha value is -1.97. The van der Waals surface area contributed by atoms with Gasteiger partial charge < -0.3 is 15.4 Å². The molecular weight excluding hydrogens is 390 g/mol. The van der Waals surface area contributed by atoms with Gasteiger partial charge >= 0.3 is 12.4 Å². The highest BCUT2D eigenvalue weighted by Gasteiger charge is 2.37. The average molecular weight is 412 g/mol. The molecule has 2 rings (SSSR count). The molecule has 0 saturated carbocycles. The molecule has 0 radical (unpaired) electrons. The van der Waals surface area contributed by atoms with Crippen molar-refractivity contribution in [2.45, 2.75) is 50.5 Å². The van der Waals surface area contributed by atoms with Crippen LogP contribution in [-0.4, -0.2) is 31.1 Å². The number of nitrogens with one attached hydrogen (secondary N) is 2. The zero-order valence-electron chi connectivity index (χ0n) is 15.3. The molecule has 1 aliphatic heterocycles. The van der Waals surface area contributed by atoms with Crippen LogP contribution in [0.25, 0.3) is 0 Å². The Morgan fingerprint density at radius 3 is 2.21 bits per heavy atom. The fourth-order valence-corrected chi connectivity index (χ4v) is 2.92. The second-order valence-electron chi connectivity index (χ2n) is 6.92. The maximum Gasteiger partial charge on any atom is 0.416 e. The minimum atomic E-state index is -4.92. The minimum absolute atomic E-state index is 0.0466. The van der Waals surface area contributed by atoms with Gasteiger partial charge in [-0.1, -0.05) is 0 Å². The summed E-state index contributed by atoms with van der Waals surface area (Å²) in [5.74, 6) is -0.708. The molecule has 0 aliphatic carbocycles. The Labute approximate surface area is 158 Å². The van der Waals surface area contributed by atoms with Gasteiger partial charge in [0.05, 0.1) is 23.3 Å². The molecule has 1 amide bonds. The second kappa shape index (κ2) is 8.59. The summed E-state index contributed by atoms with van der Waals surface area (Å²) in [7, 11) is 0.